The van der Waals surface area contributed by atoms with Gasteiger partial charge in [-0.3, -0.25) is 0 Å². The van der Waals surface area contributed by atoms with Crippen LogP contribution >= 0.6 is 0 Å². The molecule has 0 heterocycles. The molecule has 0 saturated carbocycles. The molecule has 0 N–H and O–H groups in total. The van der Waals surface area contributed by atoms with Gasteiger partial charge < -0.3 is 4.90 Å². The van der Waals surface area contributed by atoms with Crippen LogP contribution in [0.4, 0.5) is 26.3 Å². The van der Waals surface area contributed by atoms with Crippen molar-refractivity contribution in [3.05, 3.63) is 0 Å². The Morgan fingerprint density at radius 2 is 1.46 bits per heavy atom. The first-order valence-electron chi connectivity index (χ1n) is 3.30. The summed E-state index contributed by atoms with van der Waals surface area (Å²) in [6.45, 7) is -1.27. The van der Waals surface area contributed by atoms with Crippen molar-refractivity contribution in [2.24, 2.45) is 0 Å². The number of rotatable bonds is 3. The van der Waals surface area contributed by atoms with E-state index in [1.165, 1.54) is 0 Å². The van der Waals surface area contributed by atoms with E-state index in [1.54, 1.807) is 0 Å². The quantitative estimate of drug-likeness (QED) is 0.643. The average molecular weight is 209 g/mol. The van der Waals surface area contributed by atoms with Gasteiger partial charge in [-0.1, -0.05) is 0 Å². The van der Waals surface area contributed by atoms with Gasteiger partial charge in [0.2, 0.25) is 0 Å². The van der Waals surface area contributed by atoms with Crippen LogP contribution in [0.2, 0.25) is 0 Å². The summed E-state index contributed by atoms with van der Waals surface area (Å²) >= 11 is 0. The third-order valence-corrected chi connectivity index (χ3v) is 1.19. The summed E-state index contributed by atoms with van der Waals surface area (Å²) in [4.78, 5) is 0.790. The molecule has 0 bridgehead atoms. The van der Waals surface area contributed by atoms with Crippen LogP contribution in [-0.4, -0.2) is 43.8 Å². The largest absolute Gasteiger partial charge is 0.425 e. The monoisotopic (exact) mass is 209 g/mol. The topological polar surface area (TPSA) is 3.24 Å². The van der Waals surface area contributed by atoms with Gasteiger partial charge in [-0.2, -0.15) is 13.2 Å². The minimum Gasteiger partial charge on any atom is -0.304 e. The van der Waals surface area contributed by atoms with E-state index in [0.29, 0.717) is 0 Å². The van der Waals surface area contributed by atoms with Gasteiger partial charge >= 0.3 is 6.18 Å². The van der Waals surface area contributed by atoms with Crippen LogP contribution < -0.4 is 0 Å². The highest BCUT2D eigenvalue weighted by molar-refractivity contribution is 4.84. The summed E-state index contributed by atoms with van der Waals surface area (Å²) in [5.41, 5.74) is 0. The van der Waals surface area contributed by atoms with Gasteiger partial charge in [0.15, 0.2) is 0 Å². The molecule has 13 heavy (non-hydrogen) atoms. The van der Waals surface area contributed by atoms with Crippen LogP contribution in [0.5, 0.6) is 0 Å². The van der Waals surface area contributed by atoms with E-state index >= 15 is 0 Å². The number of alkyl halides is 6. The Morgan fingerprint density at radius 3 is 1.69 bits per heavy atom. The molecule has 0 aromatic rings. The van der Waals surface area contributed by atoms with E-state index in [9.17, 15) is 26.3 Å². The molecule has 1 nitrogen and oxygen atoms in total. The van der Waals surface area contributed by atoms with Crippen LogP contribution in [0.15, 0.2) is 0 Å². The Morgan fingerprint density at radius 1 is 1.08 bits per heavy atom. The first-order chi connectivity index (χ1) is 5.57. The second-order valence-electron chi connectivity index (χ2n) is 2.90. The second kappa shape index (κ2) is 3.73. The Balaban J connectivity index is 4.45. The molecule has 7 heteroatoms. The maximum atomic E-state index is 12.4. The van der Waals surface area contributed by atoms with Crippen molar-refractivity contribution in [1.82, 2.24) is 4.90 Å². The fraction of sp³-hybridized carbons (Fsp3) is 1.00. The molecule has 0 aromatic heterocycles. The summed E-state index contributed by atoms with van der Waals surface area (Å²) in [6, 6.07) is 0. The van der Waals surface area contributed by atoms with Crippen molar-refractivity contribution >= 4 is 0 Å². The van der Waals surface area contributed by atoms with Crippen LogP contribution in [-0.2, 0) is 0 Å². The highest BCUT2D eigenvalue weighted by Crippen LogP contribution is 2.34. The van der Waals surface area contributed by atoms with E-state index < -0.39 is 24.8 Å². The summed E-state index contributed by atoms with van der Waals surface area (Å²) in [7, 11) is 2.27. The van der Waals surface area contributed by atoms with E-state index in [1.807, 2.05) is 0 Å². The second-order valence-corrected chi connectivity index (χ2v) is 2.90. The molecule has 0 amide bonds. The lowest BCUT2D eigenvalue weighted by atomic mass is 10.2. The highest BCUT2D eigenvalue weighted by atomic mass is 19.4. The summed E-state index contributed by atoms with van der Waals surface area (Å²) in [5.74, 6) is -4.40. The van der Waals surface area contributed by atoms with Gasteiger partial charge in [0.1, 0.15) is 0 Å². The zero-order chi connectivity index (χ0) is 10.9. The molecule has 80 valence electrons. The molecule has 1 atom stereocenters. The lowest BCUT2D eigenvalue weighted by Crippen LogP contribution is -2.47. The minimum absolute atomic E-state index is 0.790. The maximum absolute atomic E-state index is 12.4. The Labute approximate surface area is 71.3 Å². The lowest BCUT2D eigenvalue weighted by Gasteiger charge is -2.25. The van der Waals surface area contributed by atoms with Gasteiger partial charge in [0.25, 0.3) is 12.1 Å². The standard InChI is InChI=1S/C6H9F6N/c1-13(2)3-5(8,9)4(7)6(10,11)12/h4H,3H2,1-2H3. The smallest absolute Gasteiger partial charge is 0.304 e. The maximum Gasteiger partial charge on any atom is 0.425 e. The molecule has 0 fully saturated rings. The SMILES string of the molecule is CN(C)CC(F)(F)C(F)C(F)(F)F. The average Bonchev–Trinajstić information content (AvgIpc) is 1.80. The fourth-order valence-electron chi connectivity index (χ4n) is 0.741. The first kappa shape index (κ1) is 12.5. The Hall–Kier alpha value is -0.460. The molecule has 0 aromatic carbocycles. The zero-order valence-electron chi connectivity index (χ0n) is 7.00. The third-order valence-electron chi connectivity index (χ3n) is 1.19. The van der Waals surface area contributed by atoms with E-state index in [0.717, 1.165) is 19.0 Å². The van der Waals surface area contributed by atoms with Crippen molar-refractivity contribution in [1.29, 1.82) is 0 Å². The van der Waals surface area contributed by atoms with Crippen molar-refractivity contribution in [3.8, 4) is 0 Å². The van der Waals surface area contributed by atoms with Crippen LogP contribution in [0.3, 0.4) is 0 Å². The van der Waals surface area contributed by atoms with Crippen LogP contribution in [0.1, 0.15) is 0 Å². The molecular formula is C6H9F6N. The Kier molecular flexibility index (Phi) is 3.60. The van der Waals surface area contributed by atoms with Gasteiger partial charge in [-0.25, -0.2) is 13.2 Å². The molecule has 0 aliphatic heterocycles. The van der Waals surface area contributed by atoms with Gasteiger partial charge in [0.05, 0.1) is 6.54 Å². The molecule has 0 spiro atoms. The predicted octanol–water partition coefficient (Wildman–Crippen LogP) is 2.08. The van der Waals surface area contributed by atoms with Crippen LogP contribution in [0.25, 0.3) is 0 Å². The number of nitrogens with zero attached hydrogens (tertiary/aromatic N) is 1. The van der Waals surface area contributed by atoms with Gasteiger partial charge in [0, 0.05) is 0 Å². The number of hydrogen-bond acceptors (Lipinski definition) is 1. The van der Waals surface area contributed by atoms with Crippen molar-refractivity contribution in [2.75, 3.05) is 20.6 Å². The Bertz CT molecular complexity index is 163. The van der Waals surface area contributed by atoms with Crippen molar-refractivity contribution < 1.29 is 26.3 Å². The third kappa shape index (κ3) is 3.84. The molecule has 0 aliphatic rings. The van der Waals surface area contributed by atoms with Gasteiger partial charge in [-0.05, 0) is 14.1 Å². The molecule has 1 unspecified atom stereocenters. The normalized spacial score (nSPS) is 16.4. The van der Waals surface area contributed by atoms with E-state index in [2.05, 4.69) is 0 Å². The summed E-state index contributed by atoms with van der Waals surface area (Å²) in [6.07, 6.45) is -9.62. The number of hydrogen-bond donors (Lipinski definition) is 0. The minimum atomic E-state index is -5.51. The van der Waals surface area contributed by atoms with Crippen molar-refractivity contribution in [2.45, 2.75) is 18.3 Å². The molecular weight excluding hydrogens is 200 g/mol. The van der Waals surface area contributed by atoms with Crippen molar-refractivity contribution in [3.63, 3.8) is 0 Å². The molecule has 0 radical (unpaired) electrons. The molecule has 0 rings (SSSR count). The predicted molar refractivity (Wildman–Crippen MR) is 34.5 cm³/mol. The lowest BCUT2D eigenvalue weighted by molar-refractivity contribution is -0.246. The highest BCUT2D eigenvalue weighted by Gasteiger charge is 2.56. The molecule has 0 aliphatic carbocycles. The molecule has 0 saturated heterocycles. The number of halogens is 6. The fourth-order valence-corrected chi connectivity index (χ4v) is 0.741. The first-order valence-corrected chi connectivity index (χ1v) is 3.30. The van der Waals surface area contributed by atoms with E-state index in [4.69, 9.17) is 0 Å². The zero-order valence-corrected chi connectivity index (χ0v) is 7.00. The van der Waals surface area contributed by atoms with Gasteiger partial charge in [-0.15, -0.1) is 0 Å². The van der Waals surface area contributed by atoms with E-state index in [-0.39, 0.29) is 0 Å². The summed E-state index contributed by atoms with van der Waals surface area (Å²) < 4.78 is 71.6. The van der Waals surface area contributed by atoms with Crippen LogP contribution in [0, 0.1) is 0 Å². The summed E-state index contributed by atoms with van der Waals surface area (Å²) in [5, 5.41) is 0.